The summed E-state index contributed by atoms with van der Waals surface area (Å²) < 4.78 is 4.89. The van der Waals surface area contributed by atoms with Gasteiger partial charge in [0, 0.05) is 18.2 Å². The van der Waals surface area contributed by atoms with Crippen LogP contribution >= 0.6 is 0 Å². The first-order valence-electron chi connectivity index (χ1n) is 6.32. The van der Waals surface area contributed by atoms with Crippen molar-refractivity contribution in [1.29, 1.82) is 0 Å². The van der Waals surface area contributed by atoms with Crippen LogP contribution in [-0.2, 0) is 6.54 Å². The summed E-state index contributed by atoms with van der Waals surface area (Å²) in [5.74, 6) is 6.14. The third-order valence-electron chi connectivity index (χ3n) is 2.44. The Morgan fingerprint density at radius 3 is 2.95 bits per heavy atom. The zero-order valence-electron chi connectivity index (χ0n) is 11.5. The largest absolute Gasteiger partial charge is 0.395 e. The Kier molecular flexibility index (Phi) is 5.01. The maximum absolute atomic E-state index is 11.9. The Hall–Kier alpha value is -2.72. The van der Waals surface area contributed by atoms with Crippen molar-refractivity contribution >= 4 is 5.91 Å². The van der Waals surface area contributed by atoms with Gasteiger partial charge in [-0.05, 0) is 19.1 Å². The SMILES string of the molecule is Cc1noc(CNC(=O)c2ccc(C#CCCO)cn2)n1. The van der Waals surface area contributed by atoms with Gasteiger partial charge in [-0.15, -0.1) is 0 Å². The molecule has 7 heteroatoms. The summed E-state index contributed by atoms with van der Waals surface area (Å²) in [5, 5.41) is 14.9. The second kappa shape index (κ2) is 7.17. The lowest BCUT2D eigenvalue weighted by atomic mass is 10.2. The molecule has 0 aliphatic heterocycles. The molecule has 2 rings (SSSR count). The van der Waals surface area contributed by atoms with Crippen molar-refractivity contribution in [1.82, 2.24) is 20.4 Å². The highest BCUT2D eigenvalue weighted by atomic mass is 16.5. The van der Waals surface area contributed by atoms with E-state index in [1.54, 1.807) is 19.1 Å². The fourth-order valence-electron chi connectivity index (χ4n) is 1.48. The fourth-order valence-corrected chi connectivity index (χ4v) is 1.48. The van der Waals surface area contributed by atoms with Gasteiger partial charge in [0.05, 0.1) is 13.2 Å². The quantitative estimate of drug-likeness (QED) is 0.791. The van der Waals surface area contributed by atoms with E-state index in [0.29, 0.717) is 23.7 Å². The van der Waals surface area contributed by atoms with Crippen LogP contribution in [0.2, 0.25) is 0 Å². The van der Waals surface area contributed by atoms with Gasteiger partial charge < -0.3 is 14.9 Å². The van der Waals surface area contributed by atoms with Crippen LogP contribution in [0.3, 0.4) is 0 Å². The molecule has 0 aliphatic carbocycles. The number of rotatable bonds is 4. The summed E-state index contributed by atoms with van der Waals surface area (Å²) in [6, 6.07) is 3.28. The molecule has 0 saturated carbocycles. The Bertz CT molecular complexity index is 668. The molecular weight excluding hydrogens is 272 g/mol. The first-order valence-corrected chi connectivity index (χ1v) is 6.32. The zero-order valence-corrected chi connectivity index (χ0v) is 11.5. The Balaban J connectivity index is 1.92. The van der Waals surface area contributed by atoms with E-state index < -0.39 is 0 Å². The van der Waals surface area contributed by atoms with Crippen LogP contribution < -0.4 is 5.32 Å². The van der Waals surface area contributed by atoms with Gasteiger partial charge in [-0.1, -0.05) is 17.0 Å². The number of aliphatic hydroxyl groups excluding tert-OH is 1. The van der Waals surface area contributed by atoms with Crippen molar-refractivity contribution in [2.45, 2.75) is 19.9 Å². The van der Waals surface area contributed by atoms with E-state index in [2.05, 4.69) is 32.3 Å². The monoisotopic (exact) mass is 286 g/mol. The lowest BCUT2D eigenvalue weighted by Gasteiger charge is -2.01. The minimum Gasteiger partial charge on any atom is -0.395 e. The third-order valence-corrected chi connectivity index (χ3v) is 2.44. The minimum atomic E-state index is -0.333. The fraction of sp³-hybridized carbons (Fsp3) is 0.286. The molecule has 7 nitrogen and oxygen atoms in total. The van der Waals surface area contributed by atoms with E-state index in [1.165, 1.54) is 6.20 Å². The predicted octanol–water partition coefficient (Wildman–Crippen LogP) is 0.437. The van der Waals surface area contributed by atoms with Crippen LogP contribution in [0.15, 0.2) is 22.9 Å². The summed E-state index contributed by atoms with van der Waals surface area (Å²) in [5.41, 5.74) is 0.964. The molecular formula is C14H14N4O3. The molecule has 2 aromatic heterocycles. The third kappa shape index (κ3) is 4.40. The number of hydrogen-bond donors (Lipinski definition) is 2. The molecule has 0 saturated heterocycles. The van der Waals surface area contributed by atoms with E-state index in [0.717, 1.165) is 0 Å². The molecule has 0 bridgehead atoms. The van der Waals surface area contributed by atoms with Crippen LogP contribution in [0.25, 0.3) is 0 Å². The van der Waals surface area contributed by atoms with E-state index in [1.807, 2.05) is 0 Å². The van der Waals surface area contributed by atoms with Crippen molar-refractivity contribution in [3.05, 3.63) is 41.3 Å². The Morgan fingerprint density at radius 1 is 1.48 bits per heavy atom. The lowest BCUT2D eigenvalue weighted by Crippen LogP contribution is -2.23. The smallest absolute Gasteiger partial charge is 0.270 e. The van der Waals surface area contributed by atoms with E-state index in [-0.39, 0.29) is 24.8 Å². The number of nitrogens with one attached hydrogen (secondary N) is 1. The highest BCUT2D eigenvalue weighted by molar-refractivity contribution is 5.92. The number of amides is 1. The summed E-state index contributed by atoms with van der Waals surface area (Å²) >= 11 is 0. The summed E-state index contributed by atoms with van der Waals surface area (Å²) in [6.07, 6.45) is 1.92. The second-order valence-corrected chi connectivity index (χ2v) is 4.13. The van der Waals surface area contributed by atoms with Gasteiger partial charge in [-0.25, -0.2) is 4.98 Å². The number of hydrogen-bond acceptors (Lipinski definition) is 6. The number of aromatic nitrogens is 3. The number of aryl methyl sites for hydroxylation is 1. The van der Waals surface area contributed by atoms with Crippen LogP contribution in [0.5, 0.6) is 0 Å². The molecule has 0 atom stereocenters. The number of aliphatic hydroxyl groups is 1. The summed E-state index contributed by atoms with van der Waals surface area (Å²) in [4.78, 5) is 19.9. The minimum absolute atomic E-state index is 0.0239. The summed E-state index contributed by atoms with van der Waals surface area (Å²) in [7, 11) is 0. The van der Waals surface area contributed by atoms with Gasteiger partial charge in [-0.2, -0.15) is 4.98 Å². The predicted molar refractivity (Wildman–Crippen MR) is 73.0 cm³/mol. The summed E-state index contributed by atoms with van der Waals surface area (Å²) in [6.45, 7) is 1.88. The van der Waals surface area contributed by atoms with Gasteiger partial charge in [-0.3, -0.25) is 4.79 Å². The van der Waals surface area contributed by atoms with Crippen molar-refractivity contribution in [2.24, 2.45) is 0 Å². The van der Waals surface area contributed by atoms with Crippen molar-refractivity contribution < 1.29 is 14.4 Å². The first kappa shape index (κ1) is 14.7. The molecule has 0 radical (unpaired) electrons. The highest BCUT2D eigenvalue weighted by Crippen LogP contribution is 2.00. The molecule has 0 fully saturated rings. The number of carbonyl (C=O) groups excluding carboxylic acids is 1. The molecule has 2 N–H and O–H groups in total. The van der Waals surface area contributed by atoms with E-state index in [9.17, 15) is 4.79 Å². The van der Waals surface area contributed by atoms with Gasteiger partial charge in [0.15, 0.2) is 5.82 Å². The van der Waals surface area contributed by atoms with Gasteiger partial charge in [0.1, 0.15) is 5.69 Å². The van der Waals surface area contributed by atoms with Crippen molar-refractivity contribution in [3.8, 4) is 11.8 Å². The maximum Gasteiger partial charge on any atom is 0.270 e. The van der Waals surface area contributed by atoms with Crippen molar-refractivity contribution in [3.63, 3.8) is 0 Å². The molecule has 0 aromatic carbocycles. The number of pyridine rings is 1. The van der Waals surface area contributed by atoms with Crippen LogP contribution in [0.4, 0.5) is 0 Å². The molecule has 0 aliphatic rings. The molecule has 2 heterocycles. The second-order valence-electron chi connectivity index (χ2n) is 4.13. The average Bonchev–Trinajstić information content (AvgIpc) is 2.91. The molecule has 2 aromatic rings. The van der Waals surface area contributed by atoms with Crippen LogP contribution in [0, 0.1) is 18.8 Å². The standard InChI is InChI=1S/C14H14N4O3/c1-10-17-13(21-18-10)9-16-14(20)12-6-5-11(8-15-12)4-2-3-7-19/h5-6,8,19H,3,7,9H2,1H3,(H,16,20). The first-order chi connectivity index (χ1) is 10.2. The van der Waals surface area contributed by atoms with Gasteiger partial charge >= 0.3 is 0 Å². The van der Waals surface area contributed by atoms with E-state index >= 15 is 0 Å². The van der Waals surface area contributed by atoms with E-state index in [4.69, 9.17) is 9.63 Å². The van der Waals surface area contributed by atoms with Crippen LogP contribution in [-0.4, -0.2) is 32.7 Å². The van der Waals surface area contributed by atoms with Gasteiger partial charge in [0.2, 0.25) is 5.89 Å². The highest BCUT2D eigenvalue weighted by Gasteiger charge is 2.09. The normalized spacial score (nSPS) is 9.81. The Morgan fingerprint density at radius 2 is 2.33 bits per heavy atom. The molecule has 1 amide bonds. The Labute approximate surface area is 121 Å². The van der Waals surface area contributed by atoms with Crippen molar-refractivity contribution in [2.75, 3.05) is 6.61 Å². The lowest BCUT2D eigenvalue weighted by molar-refractivity contribution is 0.0941. The number of nitrogens with zero attached hydrogens (tertiary/aromatic N) is 3. The van der Waals surface area contributed by atoms with Gasteiger partial charge in [0.25, 0.3) is 5.91 Å². The maximum atomic E-state index is 11.9. The molecule has 0 unspecified atom stereocenters. The molecule has 0 spiro atoms. The average molecular weight is 286 g/mol. The molecule has 21 heavy (non-hydrogen) atoms. The van der Waals surface area contributed by atoms with Crippen LogP contribution in [0.1, 0.15) is 34.2 Å². The topological polar surface area (TPSA) is 101 Å². The number of carbonyl (C=O) groups is 1. The zero-order chi connectivity index (χ0) is 15.1. The molecule has 108 valence electrons.